The maximum absolute atomic E-state index is 13.6. The molecule has 0 aliphatic rings. The van der Waals surface area contributed by atoms with Crippen LogP contribution < -0.4 is 5.73 Å². The number of aromatic nitrogens is 4. The van der Waals surface area contributed by atoms with E-state index < -0.39 is 31.4 Å². The molecule has 0 bridgehead atoms. The van der Waals surface area contributed by atoms with Gasteiger partial charge in [0.1, 0.15) is 35.6 Å². The van der Waals surface area contributed by atoms with Gasteiger partial charge in [-0.25, -0.2) is 28.1 Å². The van der Waals surface area contributed by atoms with Gasteiger partial charge in [0, 0.05) is 30.9 Å². The van der Waals surface area contributed by atoms with Crippen LogP contribution in [0.2, 0.25) is 0 Å². The van der Waals surface area contributed by atoms with Crippen LogP contribution in [0.1, 0.15) is 83.1 Å². The first kappa shape index (κ1) is 35.9. The van der Waals surface area contributed by atoms with E-state index in [4.69, 9.17) is 19.7 Å². The van der Waals surface area contributed by atoms with Crippen molar-refractivity contribution in [2.45, 2.75) is 96.6 Å². The first-order chi connectivity index (χ1) is 21.2. The summed E-state index contributed by atoms with van der Waals surface area (Å²) in [5.74, 6) is -2.20. The van der Waals surface area contributed by atoms with Crippen LogP contribution in [0.3, 0.4) is 0 Å². The first-order valence-corrected chi connectivity index (χ1v) is 17.1. The molecule has 0 spiro atoms. The van der Waals surface area contributed by atoms with E-state index in [1.54, 1.807) is 17.8 Å². The highest BCUT2D eigenvalue weighted by Crippen LogP contribution is 2.42. The van der Waals surface area contributed by atoms with Crippen molar-refractivity contribution in [2.75, 3.05) is 31.9 Å². The number of hydrogen-bond donors (Lipinski definition) is 2. The third kappa shape index (κ3) is 12.8. The van der Waals surface area contributed by atoms with Crippen molar-refractivity contribution in [3.63, 3.8) is 0 Å². The van der Waals surface area contributed by atoms with E-state index in [-0.39, 0.29) is 24.1 Å². The summed E-state index contributed by atoms with van der Waals surface area (Å²) in [6.07, 6.45) is 13.3. The van der Waals surface area contributed by atoms with E-state index in [1.165, 1.54) is 6.33 Å². The van der Waals surface area contributed by atoms with Gasteiger partial charge in [-0.1, -0.05) is 51.4 Å². The Morgan fingerprint density at radius 3 is 2.18 bits per heavy atom. The van der Waals surface area contributed by atoms with Crippen LogP contribution in [0.25, 0.3) is 11.2 Å². The van der Waals surface area contributed by atoms with Crippen LogP contribution in [-0.2, 0) is 31.5 Å². The average molecular weight is 644 g/mol. The number of benzene rings is 1. The average Bonchev–Trinajstić information content (AvgIpc) is 3.38. The predicted molar refractivity (Wildman–Crippen MR) is 163 cm³/mol. The molecule has 0 radical (unpaired) electrons. The number of fused-ring (bicyclic) bond motifs is 1. The minimum absolute atomic E-state index is 0.0214. The fourth-order valence-corrected chi connectivity index (χ4v) is 5.75. The maximum atomic E-state index is 13.6. The lowest BCUT2D eigenvalue weighted by atomic mass is 10.0. The van der Waals surface area contributed by atoms with Crippen molar-refractivity contribution in [3.05, 3.63) is 47.8 Å². The third-order valence-corrected chi connectivity index (χ3v) is 8.26. The number of ether oxygens (including phenoxy) is 2. The maximum Gasteiger partial charge on any atom is 0.353 e. The third-order valence-electron chi connectivity index (χ3n) is 7.20. The number of halogens is 3. The highest BCUT2D eigenvalue weighted by Gasteiger charge is 2.21. The van der Waals surface area contributed by atoms with E-state index in [0.717, 1.165) is 69.9 Å². The number of nitrogens with zero attached hydrogens (tertiary/aromatic N) is 4. The fourth-order valence-electron chi connectivity index (χ4n) is 4.82. The second-order valence-corrected chi connectivity index (χ2v) is 12.8. The van der Waals surface area contributed by atoms with Crippen molar-refractivity contribution >= 4 is 24.6 Å². The van der Waals surface area contributed by atoms with Gasteiger partial charge in [-0.2, -0.15) is 0 Å². The van der Waals surface area contributed by atoms with Gasteiger partial charge in [0.15, 0.2) is 11.5 Å². The van der Waals surface area contributed by atoms with Crippen LogP contribution in [0.4, 0.5) is 19.0 Å². The molecule has 0 aliphatic carbocycles. The zero-order valence-electron chi connectivity index (χ0n) is 25.4. The standard InChI is InChI=1S/C30H45F3N5O5P/c1-23(19-38-21-37-28-29(34)35-20-36-30(28)38)42-22-44(39,40)43-16-12-15-41-14-11-9-7-5-3-2-4-6-8-10-13-25-26(32)17-24(31)18-27(25)33/h17-18,20-21,23H,2-16,19,22H2,1H3,(H,39,40)(H2,34,35,36)/t23-/m1/s1. The Labute approximate surface area is 257 Å². The summed E-state index contributed by atoms with van der Waals surface area (Å²) in [5.41, 5.74) is 6.84. The van der Waals surface area contributed by atoms with Gasteiger partial charge in [0.05, 0.1) is 25.6 Å². The molecule has 0 saturated heterocycles. The highest BCUT2D eigenvalue weighted by molar-refractivity contribution is 7.52. The molecule has 2 atom stereocenters. The molecule has 0 aliphatic heterocycles. The number of anilines is 1. The molecule has 44 heavy (non-hydrogen) atoms. The second kappa shape index (κ2) is 19.1. The quantitative estimate of drug-likeness (QED) is 0.0832. The summed E-state index contributed by atoms with van der Waals surface area (Å²) >= 11 is 0. The lowest BCUT2D eigenvalue weighted by Gasteiger charge is -2.17. The van der Waals surface area contributed by atoms with Gasteiger partial charge >= 0.3 is 7.60 Å². The second-order valence-electron chi connectivity index (χ2n) is 11.0. The molecule has 246 valence electrons. The molecule has 2 heterocycles. The molecule has 0 amide bonds. The lowest BCUT2D eigenvalue weighted by Crippen LogP contribution is -2.17. The van der Waals surface area contributed by atoms with Gasteiger partial charge in [-0.15, -0.1) is 0 Å². The Morgan fingerprint density at radius 1 is 0.886 bits per heavy atom. The Hall–Kier alpha value is -2.57. The zero-order valence-corrected chi connectivity index (χ0v) is 26.3. The van der Waals surface area contributed by atoms with Crippen LogP contribution in [-0.4, -0.2) is 56.7 Å². The Morgan fingerprint density at radius 2 is 1.50 bits per heavy atom. The Balaban J connectivity index is 1.09. The van der Waals surface area contributed by atoms with Crippen molar-refractivity contribution in [1.82, 2.24) is 19.5 Å². The normalized spacial score (nSPS) is 13.8. The predicted octanol–water partition coefficient (Wildman–Crippen LogP) is 6.94. The number of hydrogen-bond acceptors (Lipinski definition) is 8. The van der Waals surface area contributed by atoms with Crippen molar-refractivity contribution < 1.29 is 36.6 Å². The fraction of sp³-hybridized carbons (Fsp3) is 0.633. The number of imidazole rings is 1. The van der Waals surface area contributed by atoms with Crippen LogP contribution in [0, 0.1) is 17.5 Å². The molecule has 2 aromatic heterocycles. The highest BCUT2D eigenvalue weighted by atomic mass is 31.2. The molecule has 3 rings (SSSR count). The van der Waals surface area contributed by atoms with Gasteiger partial charge < -0.3 is 29.2 Å². The summed E-state index contributed by atoms with van der Waals surface area (Å²) in [4.78, 5) is 22.3. The number of rotatable bonds is 23. The SMILES string of the molecule is C[C@H](Cn1cnc2c(N)ncnc21)OCP(=O)(O)OCCCOCCCCCCCCCCCCc1c(F)cc(F)cc1F. The smallest absolute Gasteiger partial charge is 0.353 e. The zero-order chi connectivity index (χ0) is 31.8. The molecule has 10 nitrogen and oxygen atoms in total. The molecule has 1 aromatic carbocycles. The van der Waals surface area contributed by atoms with Crippen molar-refractivity contribution in [3.8, 4) is 0 Å². The van der Waals surface area contributed by atoms with Gasteiger partial charge in [-0.05, 0) is 32.6 Å². The molecule has 1 unspecified atom stereocenters. The molecular formula is C30H45F3N5O5P. The minimum Gasteiger partial charge on any atom is -0.382 e. The van der Waals surface area contributed by atoms with Gasteiger partial charge in [0.25, 0.3) is 0 Å². The first-order valence-electron chi connectivity index (χ1n) is 15.4. The summed E-state index contributed by atoms with van der Waals surface area (Å²) < 4.78 is 70.6. The van der Waals surface area contributed by atoms with E-state index in [0.29, 0.717) is 50.2 Å². The van der Waals surface area contributed by atoms with Crippen molar-refractivity contribution in [2.24, 2.45) is 0 Å². The molecular weight excluding hydrogens is 598 g/mol. The minimum atomic E-state index is -3.89. The number of nitrogen functional groups attached to an aromatic ring is 1. The van der Waals surface area contributed by atoms with E-state index in [1.807, 2.05) is 0 Å². The Bertz CT molecular complexity index is 1310. The summed E-state index contributed by atoms with van der Waals surface area (Å²) in [6, 6.07) is 1.47. The van der Waals surface area contributed by atoms with Crippen LogP contribution in [0.15, 0.2) is 24.8 Å². The van der Waals surface area contributed by atoms with E-state index >= 15 is 0 Å². The van der Waals surface area contributed by atoms with E-state index in [9.17, 15) is 22.6 Å². The lowest BCUT2D eigenvalue weighted by molar-refractivity contribution is 0.0688. The molecule has 14 heteroatoms. The van der Waals surface area contributed by atoms with Crippen molar-refractivity contribution in [1.29, 1.82) is 0 Å². The monoisotopic (exact) mass is 643 g/mol. The summed E-state index contributed by atoms with van der Waals surface area (Å²) in [7, 11) is -3.89. The summed E-state index contributed by atoms with van der Waals surface area (Å²) in [5, 5.41) is 0. The number of unbranched alkanes of at least 4 members (excludes halogenated alkanes) is 9. The Kier molecular flexibility index (Phi) is 15.6. The van der Waals surface area contributed by atoms with Crippen LogP contribution in [0.5, 0.6) is 0 Å². The molecule has 3 aromatic rings. The molecule has 0 fully saturated rings. The largest absolute Gasteiger partial charge is 0.382 e. The summed E-state index contributed by atoms with van der Waals surface area (Å²) in [6.45, 7) is 3.36. The topological polar surface area (TPSA) is 135 Å². The number of nitrogens with two attached hydrogens (primary N) is 1. The van der Waals surface area contributed by atoms with Gasteiger partial charge in [0.2, 0.25) is 0 Å². The van der Waals surface area contributed by atoms with E-state index in [2.05, 4.69) is 15.0 Å². The van der Waals surface area contributed by atoms with Crippen LogP contribution >= 0.6 is 7.60 Å². The van der Waals surface area contributed by atoms with Gasteiger partial charge in [-0.3, -0.25) is 4.57 Å². The molecule has 3 N–H and O–H groups in total. The molecule has 0 saturated carbocycles.